The van der Waals surface area contributed by atoms with Crippen LogP contribution in [-0.2, 0) is 14.8 Å². The minimum absolute atomic E-state index is 0.00813. The number of ether oxygens (including phenoxy) is 2. The number of sulfonamides is 1. The van der Waals surface area contributed by atoms with E-state index < -0.39 is 26.4 Å². The van der Waals surface area contributed by atoms with Crippen molar-refractivity contribution in [2.75, 3.05) is 32.9 Å². The zero-order chi connectivity index (χ0) is 20.4. The zero-order valence-electron chi connectivity index (χ0n) is 15.4. The third kappa shape index (κ3) is 4.77. The molecule has 2 heterocycles. The van der Waals surface area contributed by atoms with Crippen LogP contribution in [0.15, 0.2) is 23.1 Å². The number of nitrogens with zero attached hydrogens (tertiary/aromatic N) is 2. The molecule has 0 atom stereocenters. The van der Waals surface area contributed by atoms with Crippen molar-refractivity contribution in [1.29, 1.82) is 0 Å². The number of rotatable bonds is 6. The lowest BCUT2D eigenvalue weighted by atomic mass is 9.94. The van der Waals surface area contributed by atoms with Gasteiger partial charge in [0.2, 0.25) is 10.0 Å². The van der Waals surface area contributed by atoms with Gasteiger partial charge in [0.1, 0.15) is 0 Å². The Labute approximate surface area is 162 Å². The Hall–Kier alpha value is -1.82. The molecule has 2 aliphatic rings. The monoisotopic (exact) mass is 417 g/mol. The molecular weight excluding hydrogens is 393 g/mol. The fraction of sp³-hybridized carbons (Fsp3) is 0.647. The number of hydrogen-bond donors (Lipinski definition) is 1. The molecule has 2 saturated heterocycles. The molecule has 11 heteroatoms. The molecule has 0 bridgehead atoms. The Morgan fingerprint density at radius 3 is 2.54 bits per heavy atom. The van der Waals surface area contributed by atoms with Crippen LogP contribution in [0.3, 0.4) is 0 Å². The van der Waals surface area contributed by atoms with Crippen molar-refractivity contribution in [3.05, 3.63) is 28.3 Å². The molecule has 9 nitrogen and oxygen atoms in total. The quantitative estimate of drug-likeness (QED) is 0.425. The molecule has 1 aromatic rings. The van der Waals surface area contributed by atoms with Gasteiger partial charge < -0.3 is 9.47 Å². The normalized spacial score (nSPS) is 21.4. The van der Waals surface area contributed by atoms with Crippen LogP contribution >= 0.6 is 0 Å². The minimum Gasteiger partial charge on any atom is -0.487 e. The Balaban J connectivity index is 1.59. The number of piperidine rings is 1. The number of hydrogen-bond acceptors (Lipinski definition) is 7. The van der Waals surface area contributed by atoms with Gasteiger partial charge in [0, 0.05) is 32.0 Å². The van der Waals surface area contributed by atoms with Gasteiger partial charge in [-0.2, -0.15) is 0 Å². The first-order valence-corrected chi connectivity index (χ1v) is 10.7. The Morgan fingerprint density at radius 1 is 1.32 bits per heavy atom. The molecule has 0 amide bonds. The second-order valence-electron chi connectivity index (χ2n) is 7.20. The van der Waals surface area contributed by atoms with E-state index in [4.69, 9.17) is 14.6 Å². The topological polar surface area (TPSA) is 125 Å². The molecule has 1 aromatic carbocycles. The van der Waals surface area contributed by atoms with Crippen LogP contribution in [0.2, 0.25) is 0 Å². The molecule has 0 saturated carbocycles. The second kappa shape index (κ2) is 8.27. The predicted octanol–water partition coefficient (Wildman–Crippen LogP) is 1.81. The molecule has 0 spiro atoms. The molecule has 0 aliphatic carbocycles. The van der Waals surface area contributed by atoms with E-state index in [0.29, 0.717) is 39.1 Å². The number of halogens is 1. The summed E-state index contributed by atoms with van der Waals surface area (Å²) in [5.74, 6) is -1.18. The highest BCUT2D eigenvalue weighted by Crippen LogP contribution is 2.34. The van der Waals surface area contributed by atoms with Crippen molar-refractivity contribution >= 4 is 15.7 Å². The Morgan fingerprint density at radius 2 is 1.96 bits per heavy atom. The third-order valence-electron chi connectivity index (χ3n) is 5.37. The van der Waals surface area contributed by atoms with Gasteiger partial charge in [-0.3, -0.25) is 15.0 Å². The smallest absolute Gasteiger partial charge is 0.312 e. The third-order valence-corrected chi connectivity index (χ3v) is 6.28. The first kappa shape index (κ1) is 20.9. The predicted molar refractivity (Wildman–Crippen MR) is 98.2 cm³/mol. The van der Waals surface area contributed by atoms with Gasteiger partial charge in [-0.1, -0.05) is 0 Å². The lowest BCUT2D eigenvalue weighted by Gasteiger charge is -2.43. The van der Waals surface area contributed by atoms with E-state index in [9.17, 15) is 22.9 Å². The minimum atomic E-state index is -4.04. The highest BCUT2D eigenvalue weighted by Gasteiger charge is 2.40. The molecule has 156 valence electrons. The first-order chi connectivity index (χ1) is 13.2. The number of alkyl halides is 1. The Kier molecular flexibility index (Phi) is 6.18. The number of nitro groups is 1. The van der Waals surface area contributed by atoms with E-state index in [0.717, 1.165) is 18.9 Å². The van der Waals surface area contributed by atoms with Crippen LogP contribution in [0.1, 0.15) is 25.7 Å². The second-order valence-corrected chi connectivity index (χ2v) is 8.76. The maximum absolute atomic E-state index is 15.0. The summed E-state index contributed by atoms with van der Waals surface area (Å²) < 4.78 is 48.6. The lowest BCUT2D eigenvalue weighted by molar-refractivity contribution is -0.386. The van der Waals surface area contributed by atoms with Gasteiger partial charge in [-0.15, -0.1) is 0 Å². The van der Waals surface area contributed by atoms with Crippen molar-refractivity contribution in [1.82, 2.24) is 4.90 Å². The summed E-state index contributed by atoms with van der Waals surface area (Å²) in [6.07, 6.45) is 2.18. The summed E-state index contributed by atoms with van der Waals surface area (Å²) in [4.78, 5) is 12.0. The molecule has 0 radical (unpaired) electrons. The van der Waals surface area contributed by atoms with Crippen molar-refractivity contribution in [2.45, 2.75) is 36.4 Å². The van der Waals surface area contributed by atoms with Crippen LogP contribution < -0.4 is 9.88 Å². The highest BCUT2D eigenvalue weighted by molar-refractivity contribution is 7.89. The van der Waals surface area contributed by atoms with Crippen LogP contribution in [0, 0.1) is 16.0 Å². The maximum Gasteiger partial charge on any atom is 0.312 e. The molecule has 0 unspecified atom stereocenters. The number of likely N-dealkylation sites (tertiary alicyclic amines) is 1. The summed E-state index contributed by atoms with van der Waals surface area (Å²) in [5.41, 5.74) is -0.450. The van der Waals surface area contributed by atoms with E-state index in [1.54, 1.807) is 0 Å². The van der Waals surface area contributed by atoms with E-state index in [1.807, 2.05) is 4.90 Å². The van der Waals surface area contributed by atoms with Crippen LogP contribution in [0.5, 0.6) is 5.75 Å². The summed E-state index contributed by atoms with van der Waals surface area (Å²) in [6.45, 7) is 2.29. The summed E-state index contributed by atoms with van der Waals surface area (Å²) >= 11 is 0. The van der Waals surface area contributed by atoms with Crippen molar-refractivity contribution < 1.29 is 27.2 Å². The fourth-order valence-electron chi connectivity index (χ4n) is 3.65. The van der Waals surface area contributed by atoms with Crippen molar-refractivity contribution in [3.63, 3.8) is 0 Å². The van der Waals surface area contributed by atoms with E-state index in [2.05, 4.69) is 0 Å². The van der Waals surface area contributed by atoms with Gasteiger partial charge in [0.25, 0.3) is 0 Å². The van der Waals surface area contributed by atoms with Crippen LogP contribution in [-0.4, -0.2) is 56.9 Å². The number of primary sulfonamides is 1. The van der Waals surface area contributed by atoms with Crippen LogP contribution in [0.25, 0.3) is 0 Å². The largest absolute Gasteiger partial charge is 0.487 e. The molecule has 0 aromatic heterocycles. The van der Waals surface area contributed by atoms with E-state index in [1.165, 1.54) is 12.1 Å². The van der Waals surface area contributed by atoms with Gasteiger partial charge in [0.15, 0.2) is 11.5 Å². The van der Waals surface area contributed by atoms with Gasteiger partial charge in [0.05, 0.1) is 29.6 Å². The molecule has 2 N–H and O–H groups in total. The number of nitrogens with two attached hydrogens (primary N) is 1. The van der Waals surface area contributed by atoms with Crippen LogP contribution in [0.4, 0.5) is 10.1 Å². The average molecular weight is 417 g/mol. The SMILES string of the molecule is NS(=O)(=O)c1ccc(OCC2CCN(C3(F)CCOCC3)CC2)c([N+](=O)[O-])c1. The molecule has 2 fully saturated rings. The lowest BCUT2D eigenvalue weighted by Crippen LogP contribution is -2.52. The highest BCUT2D eigenvalue weighted by atomic mass is 32.2. The molecule has 3 rings (SSSR count). The van der Waals surface area contributed by atoms with Gasteiger partial charge in [-0.05, 0) is 30.9 Å². The Bertz CT molecular complexity index is 820. The number of nitro benzene ring substituents is 1. The summed E-state index contributed by atoms with van der Waals surface area (Å²) in [7, 11) is -4.04. The first-order valence-electron chi connectivity index (χ1n) is 9.15. The van der Waals surface area contributed by atoms with Crippen molar-refractivity contribution in [2.24, 2.45) is 11.1 Å². The average Bonchev–Trinajstić information content (AvgIpc) is 2.66. The zero-order valence-corrected chi connectivity index (χ0v) is 16.2. The van der Waals surface area contributed by atoms with Gasteiger partial charge >= 0.3 is 5.69 Å². The molecular formula is C17H24FN3O6S. The molecule has 2 aliphatic heterocycles. The van der Waals surface area contributed by atoms with Gasteiger partial charge in [-0.25, -0.2) is 17.9 Å². The number of benzene rings is 1. The summed E-state index contributed by atoms with van der Waals surface area (Å²) in [5, 5.41) is 16.3. The standard InChI is InChI=1S/C17H24FN3O6S/c18-17(5-9-26-10-6-17)20-7-3-13(4-8-20)12-27-16-2-1-14(28(19,24)25)11-15(16)21(22)23/h1-2,11,13H,3-10,12H2,(H2,19,24,25). The summed E-state index contributed by atoms with van der Waals surface area (Å²) in [6, 6.07) is 3.31. The van der Waals surface area contributed by atoms with E-state index in [-0.39, 0.29) is 23.2 Å². The fourth-order valence-corrected chi connectivity index (χ4v) is 4.18. The molecule has 28 heavy (non-hydrogen) atoms. The van der Waals surface area contributed by atoms with E-state index >= 15 is 0 Å². The maximum atomic E-state index is 15.0. The van der Waals surface area contributed by atoms with Crippen molar-refractivity contribution in [3.8, 4) is 5.75 Å².